The molecular weight excluding hydrogens is 327 g/mol. The lowest BCUT2D eigenvalue weighted by Gasteiger charge is -2.19. The van der Waals surface area contributed by atoms with Gasteiger partial charge < -0.3 is 20.3 Å². The minimum Gasteiger partial charge on any atom is -0.477 e. The van der Waals surface area contributed by atoms with E-state index in [0.29, 0.717) is 13.1 Å². The summed E-state index contributed by atoms with van der Waals surface area (Å²) in [6, 6.07) is 1.02. The van der Waals surface area contributed by atoms with Crippen molar-refractivity contribution in [2.24, 2.45) is 11.1 Å². The Kier molecular flexibility index (Phi) is 3.23. The number of carboxylic acids is 1. The zero-order valence-corrected chi connectivity index (χ0v) is 13.4. The molecule has 7 nitrogen and oxygen atoms in total. The van der Waals surface area contributed by atoms with Gasteiger partial charge in [-0.2, -0.15) is 0 Å². The predicted molar refractivity (Wildman–Crippen MR) is 91.2 cm³/mol. The quantitative estimate of drug-likeness (QED) is 0.869. The zero-order valence-electron chi connectivity index (χ0n) is 13.4. The van der Waals surface area contributed by atoms with Gasteiger partial charge in [0.2, 0.25) is 5.43 Å². The van der Waals surface area contributed by atoms with Crippen LogP contribution in [0.4, 0.5) is 10.2 Å². The number of hydrogen-bond donors (Lipinski definition) is 2. The number of anilines is 1. The Balaban J connectivity index is 1.90. The first kappa shape index (κ1) is 15.8. The fraction of sp³-hybridized carbons (Fsp3) is 0.353. The number of pyridine rings is 2. The highest BCUT2D eigenvalue weighted by atomic mass is 19.1. The molecule has 2 aromatic heterocycles. The first-order valence-electron chi connectivity index (χ1n) is 7.98. The summed E-state index contributed by atoms with van der Waals surface area (Å²) in [4.78, 5) is 29.7. The van der Waals surface area contributed by atoms with Crippen LogP contribution >= 0.6 is 0 Å². The second kappa shape index (κ2) is 5.13. The first-order valence-corrected chi connectivity index (χ1v) is 7.98. The molecule has 2 aromatic rings. The molecule has 1 atom stereocenters. The molecule has 1 saturated heterocycles. The topological polar surface area (TPSA) is 101 Å². The highest BCUT2D eigenvalue weighted by Crippen LogP contribution is 2.52. The lowest BCUT2D eigenvalue weighted by Crippen LogP contribution is -2.30. The molecule has 1 aliphatic heterocycles. The monoisotopic (exact) mass is 344 g/mol. The molecule has 0 amide bonds. The van der Waals surface area contributed by atoms with E-state index in [9.17, 15) is 14.0 Å². The lowest BCUT2D eigenvalue weighted by atomic mass is 10.0. The molecule has 0 aromatic carbocycles. The molecule has 0 radical (unpaired) electrons. The average molecular weight is 344 g/mol. The van der Waals surface area contributed by atoms with Gasteiger partial charge in [-0.15, -0.1) is 0 Å². The number of rotatable bonds is 3. The SMILES string of the molecule is C=Cn1cc(C(=O)O)c(=O)c2cc(F)c(N3CC(N)C4(CC4)C3)nc21. The Bertz CT molecular complexity index is 980. The van der Waals surface area contributed by atoms with E-state index in [1.165, 1.54) is 10.8 Å². The van der Waals surface area contributed by atoms with Crippen LogP contribution in [0, 0.1) is 11.2 Å². The van der Waals surface area contributed by atoms with E-state index >= 15 is 0 Å². The minimum atomic E-state index is -1.38. The van der Waals surface area contributed by atoms with Gasteiger partial charge in [-0.1, -0.05) is 6.58 Å². The van der Waals surface area contributed by atoms with Gasteiger partial charge in [0.1, 0.15) is 5.56 Å². The van der Waals surface area contributed by atoms with Crippen molar-refractivity contribution in [1.29, 1.82) is 0 Å². The van der Waals surface area contributed by atoms with E-state index in [1.54, 1.807) is 4.90 Å². The summed E-state index contributed by atoms with van der Waals surface area (Å²) in [5.41, 5.74) is 5.17. The van der Waals surface area contributed by atoms with Gasteiger partial charge in [-0.05, 0) is 18.9 Å². The molecule has 2 aliphatic rings. The Hall–Kier alpha value is -2.74. The third-order valence-corrected chi connectivity index (χ3v) is 5.27. The molecule has 1 saturated carbocycles. The number of halogens is 1. The largest absolute Gasteiger partial charge is 0.477 e. The van der Waals surface area contributed by atoms with Gasteiger partial charge in [0.15, 0.2) is 17.3 Å². The maximum absolute atomic E-state index is 14.7. The average Bonchev–Trinajstić information content (AvgIpc) is 3.27. The molecule has 1 aliphatic carbocycles. The molecule has 0 bridgehead atoms. The van der Waals surface area contributed by atoms with Crippen LogP contribution in [0.25, 0.3) is 17.2 Å². The Labute approximate surface area is 142 Å². The van der Waals surface area contributed by atoms with Gasteiger partial charge in [0.05, 0.1) is 5.39 Å². The van der Waals surface area contributed by atoms with Crippen LogP contribution < -0.4 is 16.1 Å². The van der Waals surface area contributed by atoms with Crippen molar-refractivity contribution < 1.29 is 14.3 Å². The summed E-state index contributed by atoms with van der Waals surface area (Å²) in [6.45, 7) is 4.74. The molecule has 130 valence electrons. The van der Waals surface area contributed by atoms with Crippen molar-refractivity contribution >= 4 is 29.0 Å². The first-order chi connectivity index (χ1) is 11.9. The fourth-order valence-corrected chi connectivity index (χ4v) is 3.59. The summed E-state index contributed by atoms with van der Waals surface area (Å²) in [7, 11) is 0. The number of aromatic carboxylic acids is 1. The number of aromatic nitrogens is 2. The Morgan fingerprint density at radius 2 is 2.24 bits per heavy atom. The highest BCUT2D eigenvalue weighted by Gasteiger charge is 2.54. The van der Waals surface area contributed by atoms with Gasteiger partial charge in [0, 0.05) is 36.9 Å². The molecule has 8 heteroatoms. The van der Waals surface area contributed by atoms with Gasteiger partial charge >= 0.3 is 5.97 Å². The van der Waals surface area contributed by atoms with Gasteiger partial charge in [-0.3, -0.25) is 4.79 Å². The normalized spacial score (nSPS) is 21.0. The standard InChI is InChI=1S/C17H17FN4O3/c1-2-21-6-10(16(24)25)13(23)9-5-11(18)15(20-14(9)21)22-7-12(19)17(8-22)3-4-17/h2,5-6,12H,1,3-4,7-8,19H2,(H,24,25). The summed E-state index contributed by atoms with van der Waals surface area (Å²) < 4.78 is 16.0. The third-order valence-electron chi connectivity index (χ3n) is 5.27. The summed E-state index contributed by atoms with van der Waals surface area (Å²) in [5.74, 6) is -1.91. The molecule has 2 fully saturated rings. The van der Waals surface area contributed by atoms with Gasteiger partial charge in [0.25, 0.3) is 0 Å². The van der Waals surface area contributed by atoms with Crippen LogP contribution in [0.5, 0.6) is 0 Å². The fourth-order valence-electron chi connectivity index (χ4n) is 3.59. The van der Waals surface area contributed by atoms with Crippen LogP contribution in [-0.2, 0) is 0 Å². The molecule has 3 heterocycles. The smallest absolute Gasteiger partial charge is 0.341 e. The molecule has 1 unspecified atom stereocenters. The summed E-state index contributed by atoms with van der Waals surface area (Å²) in [5, 5.41) is 9.06. The van der Waals surface area contributed by atoms with Crippen LogP contribution in [0.15, 0.2) is 23.6 Å². The number of fused-ring (bicyclic) bond motifs is 1. The van der Waals surface area contributed by atoms with E-state index in [1.807, 2.05) is 0 Å². The second-order valence-electron chi connectivity index (χ2n) is 6.78. The van der Waals surface area contributed by atoms with Crippen molar-refractivity contribution in [3.63, 3.8) is 0 Å². The number of nitrogens with zero attached hydrogens (tertiary/aromatic N) is 3. The number of carboxylic acid groups (broad SMARTS) is 1. The van der Waals surface area contributed by atoms with E-state index in [4.69, 9.17) is 10.8 Å². The lowest BCUT2D eigenvalue weighted by molar-refractivity contribution is 0.0695. The van der Waals surface area contributed by atoms with Crippen molar-refractivity contribution in [3.8, 4) is 0 Å². The Morgan fingerprint density at radius 3 is 2.80 bits per heavy atom. The Morgan fingerprint density at radius 1 is 1.52 bits per heavy atom. The molecular formula is C17H17FN4O3. The summed E-state index contributed by atoms with van der Waals surface area (Å²) in [6.07, 6.45) is 4.53. The maximum Gasteiger partial charge on any atom is 0.341 e. The van der Waals surface area contributed by atoms with Gasteiger partial charge in [-0.25, -0.2) is 14.2 Å². The van der Waals surface area contributed by atoms with E-state index in [0.717, 1.165) is 25.1 Å². The van der Waals surface area contributed by atoms with E-state index in [-0.39, 0.29) is 28.3 Å². The van der Waals surface area contributed by atoms with E-state index in [2.05, 4.69) is 11.6 Å². The van der Waals surface area contributed by atoms with Crippen LogP contribution in [0.2, 0.25) is 0 Å². The number of hydrogen-bond acceptors (Lipinski definition) is 5. The van der Waals surface area contributed by atoms with Crippen molar-refractivity contribution in [2.75, 3.05) is 18.0 Å². The molecule has 3 N–H and O–H groups in total. The minimum absolute atomic E-state index is 0.0274. The predicted octanol–water partition coefficient (Wildman–Crippen LogP) is 1.26. The van der Waals surface area contributed by atoms with Crippen LogP contribution in [0.1, 0.15) is 23.2 Å². The third kappa shape index (κ3) is 2.25. The second-order valence-corrected chi connectivity index (χ2v) is 6.78. The van der Waals surface area contributed by atoms with Crippen molar-refractivity contribution in [2.45, 2.75) is 18.9 Å². The highest BCUT2D eigenvalue weighted by molar-refractivity contribution is 5.92. The van der Waals surface area contributed by atoms with Crippen molar-refractivity contribution in [1.82, 2.24) is 9.55 Å². The summed E-state index contributed by atoms with van der Waals surface area (Å²) >= 11 is 0. The van der Waals surface area contributed by atoms with Crippen LogP contribution in [0.3, 0.4) is 0 Å². The number of carbonyl (C=O) groups is 1. The van der Waals surface area contributed by atoms with Crippen LogP contribution in [-0.4, -0.2) is 39.8 Å². The maximum atomic E-state index is 14.7. The zero-order chi connectivity index (χ0) is 17.9. The van der Waals surface area contributed by atoms with E-state index < -0.39 is 22.8 Å². The van der Waals surface area contributed by atoms with Crippen molar-refractivity contribution in [3.05, 3.63) is 40.4 Å². The molecule has 4 rings (SSSR count). The molecule has 25 heavy (non-hydrogen) atoms. The molecule has 1 spiro atoms. The number of nitrogens with two attached hydrogens (primary N) is 1.